The van der Waals surface area contributed by atoms with Crippen molar-refractivity contribution < 1.29 is 0 Å². The standard InChI is InChI=1S/C14H20/c1-5-12(6-2)14-9-7-13(8-10-14)11(3)4/h5,7-11H,6H2,1-4H3. The molecule has 0 aliphatic heterocycles. The minimum absolute atomic E-state index is 0.625. The number of hydrogen-bond donors (Lipinski definition) is 0. The van der Waals surface area contributed by atoms with Crippen LogP contribution in [0.5, 0.6) is 0 Å². The monoisotopic (exact) mass is 188 g/mol. The Morgan fingerprint density at radius 3 is 2.14 bits per heavy atom. The van der Waals surface area contributed by atoms with Gasteiger partial charge in [-0.25, -0.2) is 0 Å². The first-order chi connectivity index (χ1) is 6.69. The van der Waals surface area contributed by atoms with Gasteiger partial charge in [0.05, 0.1) is 0 Å². The molecule has 0 aliphatic rings. The van der Waals surface area contributed by atoms with Gasteiger partial charge >= 0.3 is 0 Å². The molecule has 0 amide bonds. The lowest BCUT2D eigenvalue weighted by atomic mass is 9.98. The molecular weight excluding hydrogens is 168 g/mol. The molecule has 0 saturated carbocycles. The lowest BCUT2D eigenvalue weighted by molar-refractivity contribution is 0.866. The maximum atomic E-state index is 2.24. The predicted octanol–water partition coefficient (Wildman–Crippen LogP) is 4.62. The lowest BCUT2D eigenvalue weighted by Gasteiger charge is -2.08. The number of benzene rings is 1. The van der Waals surface area contributed by atoms with Crippen LogP contribution in [0.1, 0.15) is 51.2 Å². The number of rotatable bonds is 3. The van der Waals surface area contributed by atoms with Crippen molar-refractivity contribution in [2.45, 2.75) is 40.0 Å². The highest BCUT2D eigenvalue weighted by molar-refractivity contribution is 5.65. The van der Waals surface area contributed by atoms with E-state index < -0.39 is 0 Å². The molecule has 1 rings (SSSR count). The van der Waals surface area contributed by atoms with Crippen molar-refractivity contribution in [3.8, 4) is 0 Å². The van der Waals surface area contributed by atoms with Crippen LogP contribution in [-0.2, 0) is 0 Å². The average molecular weight is 188 g/mol. The summed E-state index contributed by atoms with van der Waals surface area (Å²) in [5, 5.41) is 0. The topological polar surface area (TPSA) is 0 Å². The highest BCUT2D eigenvalue weighted by Crippen LogP contribution is 2.21. The summed E-state index contributed by atoms with van der Waals surface area (Å²) in [5.41, 5.74) is 4.21. The summed E-state index contributed by atoms with van der Waals surface area (Å²) in [6, 6.07) is 8.93. The third-order valence-electron chi connectivity index (χ3n) is 2.68. The summed E-state index contributed by atoms with van der Waals surface area (Å²) >= 11 is 0. The number of allylic oxidation sites excluding steroid dienone is 2. The fourth-order valence-corrected chi connectivity index (χ4v) is 1.66. The van der Waals surface area contributed by atoms with Crippen molar-refractivity contribution in [1.29, 1.82) is 0 Å². The van der Waals surface area contributed by atoms with Crippen LogP contribution in [0.25, 0.3) is 5.57 Å². The Morgan fingerprint density at radius 2 is 1.79 bits per heavy atom. The summed E-state index contributed by atoms with van der Waals surface area (Å²) in [4.78, 5) is 0. The van der Waals surface area contributed by atoms with Crippen LogP contribution < -0.4 is 0 Å². The third kappa shape index (κ3) is 2.47. The van der Waals surface area contributed by atoms with Crippen molar-refractivity contribution in [3.05, 3.63) is 41.5 Å². The molecule has 0 heteroatoms. The van der Waals surface area contributed by atoms with Crippen LogP contribution in [0.3, 0.4) is 0 Å². The SMILES string of the molecule is CC=C(CC)c1ccc(C(C)C)cc1. The zero-order valence-corrected chi connectivity index (χ0v) is 9.67. The molecule has 14 heavy (non-hydrogen) atoms. The van der Waals surface area contributed by atoms with Gasteiger partial charge in [0.1, 0.15) is 0 Å². The zero-order chi connectivity index (χ0) is 10.6. The molecule has 0 aromatic heterocycles. The van der Waals surface area contributed by atoms with Gasteiger partial charge in [-0.15, -0.1) is 0 Å². The normalized spacial score (nSPS) is 12.2. The number of hydrogen-bond acceptors (Lipinski definition) is 0. The second-order valence-electron chi connectivity index (χ2n) is 3.94. The molecule has 0 saturated heterocycles. The Balaban J connectivity index is 2.93. The predicted molar refractivity (Wildman–Crippen MR) is 64.5 cm³/mol. The molecule has 76 valence electrons. The van der Waals surface area contributed by atoms with Crippen molar-refractivity contribution in [1.82, 2.24) is 0 Å². The molecule has 1 aromatic carbocycles. The molecule has 0 aliphatic carbocycles. The quantitative estimate of drug-likeness (QED) is 0.649. The molecule has 0 radical (unpaired) electrons. The first-order valence-corrected chi connectivity index (χ1v) is 5.44. The first kappa shape index (κ1) is 11.0. The molecule has 1 aromatic rings. The maximum absolute atomic E-state index is 2.24. The van der Waals surface area contributed by atoms with Gasteiger partial charge in [0, 0.05) is 0 Å². The van der Waals surface area contributed by atoms with Crippen LogP contribution in [0.2, 0.25) is 0 Å². The van der Waals surface area contributed by atoms with Gasteiger partial charge in [-0.05, 0) is 36.0 Å². The summed E-state index contributed by atoms with van der Waals surface area (Å²) in [5.74, 6) is 0.625. The van der Waals surface area contributed by atoms with Crippen LogP contribution in [-0.4, -0.2) is 0 Å². The Hall–Kier alpha value is -1.04. The minimum atomic E-state index is 0.625. The van der Waals surface area contributed by atoms with Crippen molar-refractivity contribution in [2.24, 2.45) is 0 Å². The van der Waals surface area contributed by atoms with Crippen LogP contribution in [0.15, 0.2) is 30.3 Å². The third-order valence-corrected chi connectivity index (χ3v) is 2.68. The summed E-state index contributed by atoms with van der Waals surface area (Å²) in [6.45, 7) is 8.76. The van der Waals surface area contributed by atoms with Gasteiger partial charge in [0.25, 0.3) is 0 Å². The Bertz CT molecular complexity index is 301. The molecule has 0 atom stereocenters. The average Bonchev–Trinajstić information content (AvgIpc) is 2.20. The van der Waals surface area contributed by atoms with Gasteiger partial charge in [-0.2, -0.15) is 0 Å². The van der Waals surface area contributed by atoms with E-state index in [4.69, 9.17) is 0 Å². The maximum Gasteiger partial charge on any atom is -0.0219 e. The molecule has 0 heterocycles. The smallest absolute Gasteiger partial charge is 0.0219 e. The molecule has 0 unspecified atom stereocenters. The Morgan fingerprint density at radius 1 is 1.21 bits per heavy atom. The van der Waals surface area contributed by atoms with Crippen LogP contribution in [0.4, 0.5) is 0 Å². The highest BCUT2D eigenvalue weighted by Gasteiger charge is 2.00. The van der Waals surface area contributed by atoms with E-state index >= 15 is 0 Å². The molecule has 0 bridgehead atoms. The first-order valence-electron chi connectivity index (χ1n) is 5.44. The Labute approximate surface area is 87.7 Å². The van der Waals surface area contributed by atoms with E-state index in [9.17, 15) is 0 Å². The minimum Gasteiger partial charge on any atom is -0.0839 e. The molecule has 0 N–H and O–H groups in total. The molecular formula is C14H20. The molecule has 0 spiro atoms. The summed E-state index contributed by atoms with van der Waals surface area (Å²) < 4.78 is 0. The van der Waals surface area contributed by atoms with Crippen LogP contribution in [0, 0.1) is 0 Å². The van der Waals surface area contributed by atoms with E-state index in [-0.39, 0.29) is 0 Å². The van der Waals surface area contributed by atoms with Crippen molar-refractivity contribution >= 4 is 5.57 Å². The fourth-order valence-electron chi connectivity index (χ4n) is 1.66. The van der Waals surface area contributed by atoms with Gasteiger partial charge in [0.2, 0.25) is 0 Å². The second-order valence-corrected chi connectivity index (χ2v) is 3.94. The summed E-state index contributed by atoms with van der Waals surface area (Å²) in [7, 11) is 0. The van der Waals surface area contributed by atoms with Crippen molar-refractivity contribution in [3.63, 3.8) is 0 Å². The van der Waals surface area contributed by atoms with Gasteiger partial charge in [0.15, 0.2) is 0 Å². The van der Waals surface area contributed by atoms with Crippen LogP contribution >= 0.6 is 0 Å². The van der Waals surface area contributed by atoms with E-state index in [2.05, 4.69) is 58.0 Å². The van der Waals surface area contributed by atoms with E-state index in [0.29, 0.717) is 5.92 Å². The van der Waals surface area contributed by atoms with E-state index in [0.717, 1.165) is 6.42 Å². The lowest BCUT2D eigenvalue weighted by Crippen LogP contribution is -1.88. The zero-order valence-electron chi connectivity index (χ0n) is 9.67. The van der Waals surface area contributed by atoms with E-state index in [1.165, 1.54) is 16.7 Å². The van der Waals surface area contributed by atoms with Gasteiger partial charge in [-0.3, -0.25) is 0 Å². The Kier molecular flexibility index (Phi) is 3.94. The van der Waals surface area contributed by atoms with E-state index in [1.807, 2.05) is 0 Å². The second kappa shape index (κ2) is 4.99. The van der Waals surface area contributed by atoms with E-state index in [1.54, 1.807) is 0 Å². The van der Waals surface area contributed by atoms with Gasteiger partial charge in [-0.1, -0.05) is 51.1 Å². The fraction of sp³-hybridized carbons (Fsp3) is 0.429. The molecule has 0 fully saturated rings. The molecule has 0 nitrogen and oxygen atoms in total. The summed E-state index contributed by atoms with van der Waals surface area (Å²) in [6.07, 6.45) is 3.31. The van der Waals surface area contributed by atoms with Crippen molar-refractivity contribution in [2.75, 3.05) is 0 Å². The highest BCUT2D eigenvalue weighted by atomic mass is 14.1. The van der Waals surface area contributed by atoms with Gasteiger partial charge < -0.3 is 0 Å². The largest absolute Gasteiger partial charge is 0.0839 e.